The molecule has 0 fully saturated rings. The van der Waals surface area contributed by atoms with Crippen molar-refractivity contribution in [3.8, 4) is 5.75 Å². The van der Waals surface area contributed by atoms with Crippen molar-refractivity contribution in [3.63, 3.8) is 0 Å². The van der Waals surface area contributed by atoms with Gasteiger partial charge < -0.3 is 10.5 Å². The quantitative estimate of drug-likeness (QED) is 0.922. The lowest BCUT2D eigenvalue weighted by Crippen LogP contribution is -2.12. The maximum absolute atomic E-state index is 6.41. The molecule has 3 heteroatoms. The lowest BCUT2D eigenvalue weighted by molar-refractivity contribution is 0.412. The number of rotatable bonds is 3. The molecule has 0 aliphatic heterocycles. The first-order chi connectivity index (χ1) is 9.69. The molecule has 104 valence electrons. The summed E-state index contributed by atoms with van der Waals surface area (Å²) in [5.74, 6) is 0.829. The molecule has 2 aromatic rings. The van der Waals surface area contributed by atoms with E-state index in [2.05, 4.69) is 34.1 Å². The number of ether oxygens (including phenoxy) is 1. The summed E-state index contributed by atoms with van der Waals surface area (Å²) in [4.78, 5) is 0. The number of benzene rings is 2. The van der Waals surface area contributed by atoms with E-state index in [1.807, 2.05) is 18.2 Å². The van der Waals surface area contributed by atoms with Gasteiger partial charge in [0, 0.05) is 0 Å². The van der Waals surface area contributed by atoms with Crippen LogP contribution in [0.4, 0.5) is 0 Å². The van der Waals surface area contributed by atoms with Crippen molar-refractivity contribution in [2.75, 3.05) is 7.11 Å². The summed E-state index contributed by atoms with van der Waals surface area (Å²) in [6.45, 7) is 0. The van der Waals surface area contributed by atoms with E-state index in [4.69, 9.17) is 10.5 Å². The van der Waals surface area contributed by atoms with Crippen molar-refractivity contribution in [1.82, 2.24) is 0 Å². The number of hydrogen-bond acceptors (Lipinski definition) is 2. The van der Waals surface area contributed by atoms with Gasteiger partial charge in [-0.25, -0.2) is 0 Å². The summed E-state index contributed by atoms with van der Waals surface area (Å²) < 4.78 is 6.20. The topological polar surface area (TPSA) is 35.2 Å². The van der Waals surface area contributed by atoms with Gasteiger partial charge >= 0.3 is 0 Å². The molecule has 0 heterocycles. The third-order valence-electron chi connectivity index (χ3n) is 4.02. The highest BCUT2D eigenvalue weighted by molar-refractivity contribution is 9.10. The highest BCUT2D eigenvalue weighted by Gasteiger charge is 2.15. The van der Waals surface area contributed by atoms with Crippen LogP contribution in [-0.2, 0) is 12.8 Å². The van der Waals surface area contributed by atoms with Gasteiger partial charge in [0.05, 0.1) is 17.6 Å². The SMILES string of the molecule is COc1ccc(C(N)c2ccc3c(c2)CCC3)cc1Br. The molecule has 0 aromatic heterocycles. The number of fused-ring (bicyclic) bond motifs is 1. The Labute approximate surface area is 128 Å². The summed E-state index contributed by atoms with van der Waals surface area (Å²) in [6.07, 6.45) is 3.66. The fourth-order valence-electron chi connectivity index (χ4n) is 2.85. The maximum Gasteiger partial charge on any atom is 0.133 e. The Hall–Kier alpha value is -1.32. The average Bonchev–Trinajstić information content (AvgIpc) is 2.93. The number of halogens is 1. The van der Waals surface area contributed by atoms with Gasteiger partial charge in [0.15, 0.2) is 0 Å². The van der Waals surface area contributed by atoms with Gasteiger partial charge in [0.2, 0.25) is 0 Å². The van der Waals surface area contributed by atoms with Crippen LogP contribution in [0.15, 0.2) is 40.9 Å². The van der Waals surface area contributed by atoms with E-state index in [0.29, 0.717) is 0 Å². The maximum atomic E-state index is 6.41. The molecule has 2 N–H and O–H groups in total. The predicted molar refractivity (Wildman–Crippen MR) is 85.2 cm³/mol. The minimum atomic E-state index is -0.0943. The largest absolute Gasteiger partial charge is 0.496 e. The molecule has 3 rings (SSSR count). The number of methoxy groups -OCH3 is 1. The highest BCUT2D eigenvalue weighted by Crippen LogP contribution is 2.31. The van der Waals surface area contributed by atoms with Gasteiger partial charge in [-0.05, 0) is 69.6 Å². The Morgan fingerprint density at radius 2 is 1.75 bits per heavy atom. The third kappa shape index (κ3) is 2.48. The molecule has 0 spiro atoms. The lowest BCUT2D eigenvalue weighted by atomic mass is 9.96. The molecular weight excluding hydrogens is 314 g/mol. The molecule has 1 atom stereocenters. The summed E-state index contributed by atoms with van der Waals surface area (Å²) >= 11 is 3.52. The van der Waals surface area contributed by atoms with Gasteiger partial charge in [0.1, 0.15) is 5.75 Å². The van der Waals surface area contributed by atoms with Crippen LogP contribution in [-0.4, -0.2) is 7.11 Å². The van der Waals surface area contributed by atoms with Gasteiger partial charge in [-0.1, -0.05) is 24.3 Å². The van der Waals surface area contributed by atoms with E-state index >= 15 is 0 Å². The molecule has 2 nitrogen and oxygen atoms in total. The summed E-state index contributed by atoms with van der Waals surface area (Å²) in [6, 6.07) is 12.6. The average molecular weight is 332 g/mol. The molecular formula is C17H18BrNO. The van der Waals surface area contributed by atoms with Crippen LogP contribution in [0.2, 0.25) is 0 Å². The second kappa shape index (κ2) is 5.58. The first kappa shape index (κ1) is 13.7. The minimum Gasteiger partial charge on any atom is -0.496 e. The zero-order valence-electron chi connectivity index (χ0n) is 11.5. The highest BCUT2D eigenvalue weighted by atomic mass is 79.9. The van der Waals surface area contributed by atoms with E-state index in [1.165, 1.54) is 36.0 Å². The van der Waals surface area contributed by atoms with Crippen molar-refractivity contribution >= 4 is 15.9 Å². The van der Waals surface area contributed by atoms with Crippen LogP contribution in [0, 0.1) is 0 Å². The first-order valence-electron chi connectivity index (χ1n) is 6.90. The Morgan fingerprint density at radius 3 is 2.50 bits per heavy atom. The van der Waals surface area contributed by atoms with E-state index in [-0.39, 0.29) is 6.04 Å². The van der Waals surface area contributed by atoms with Gasteiger partial charge in [-0.3, -0.25) is 0 Å². The Kier molecular flexibility index (Phi) is 3.81. The zero-order valence-corrected chi connectivity index (χ0v) is 13.1. The monoisotopic (exact) mass is 331 g/mol. The van der Waals surface area contributed by atoms with E-state index < -0.39 is 0 Å². The number of hydrogen-bond donors (Lipinski definition) is 1. The van der Waals surface area contributed by atoms with E-state index in [1.54, 1.807) is 7.11 Å². The summed E-state index contributed by atoms with van der Waals surface area (Å²) in [7, 11) is 1.67. The normalized spacial score (nSPS) is 14.9. The van der Waals surface area contributed by atoms with Crippen LogP contribution in [0.1, 0.15) is 34.7 Å². The summed E-state index contributed by atoms with van der Waals surface area (Å²) in [5, 5.41) is 0. The fraction of sp³-hybridized carbons (Fsp3) is 0.294. The van der Waals surface area contributed by atoms with Crippen LogP contribution in [0.25, 0.3) is 0 Å². The van der Waals surface area contributed by atoms with Crippen molar-refractivity contribution in [3.05, 3.63) is 63.1 Å². The summed E-state index contributed by atoms with van der Waals surface area (Å²) in [5.41, 5.74) is 11.6. The smallest absolute Gasteiger partial charge is 0.133 e. The molecule has 20 heavy (non-hydrogen) atoms. The first-order valence-corrected chi connectivity index (χ1v) is 7.69. The van der Waals surface area contributed by atoms with Crippen LogP contribution < -0.4 is 10.5 Å². The predicted octanol–water partition coefficient (Wildman–Crippen LogP) is 3.99. The molecule has 2 aromatic carbocycles. The molecule has 0 bridgehead atoms. The molecule has 0 saturated carbocycles. The molecule has 1 aliphatic rings. The lowest BCUT2D eigenvalue weighted by Gasteiger charge is -2.15. The second-order valence-corrected chi connectivity index (χ2v) is 6.11. The zero-order chi connectivity index (χ0) is 14.1. The van der Waals surface area contributed by atoms with Crippen molar-refractivity contribution in [2.24, 2.45) is 5.73 Å². The van der Waals surface area contributed by atoms with Gasteiger partial charge in [-0.2, -0.15) is 0 Å². The third-order valence-corrected chi connectivity index (χ3v) is 4.64. The van der Waals surface area contributed by atoms with Crippen LogP contribution >= 0.6 is 15.9 Å². The van der Waals surface area contributed by atoms with Crippen LogP contribution in [0.5, 0.6) is 5.75 Å². The molecule has 1 unspecified atom stereocenters. The number of aryl methyl sites for hydroxylation is 2. The van der Waals surface area contributed by atoms with Gasteiger partial charge in [-0.15, -0.1) is 0 Å². The van der Waals surface area contributed by atoms with E-state index in [0.717, 1.165) is 15.8 Å². The number of nitrogens with two attached hydrogens (primary N) is 1. The second-order valence-electron chi connectivity index (χ2n) is 5.25. The Balaban J connectivity index is 1.92. The van der Waals surface area contributed by atoms with Gasteiger partial charge in [0.25, 0.3) is 0 Å². The van der Waals surface area contributed by atoms with E-state index in [9.17, 15) is 0 Å². The van der Waals surface area contributed by atoms with Crippen LogP contribution in [0.3, 0.4) is 0 Å². The fourth-order valence-corrected chi connectivity index (χ4v) is 3.41. The molecule has 0 amide bonds. The van der Waals surface area contributed by atoms with Crippen molar-refractivity contribution in [1.29, 1.82) is 0 Å². The molecule has 1 aliphatic carbocycles. The van der Waals surface area contributed by atoms with Crippen molar-refractivity contribution < 1.29 is 4.74 Å². The minimum absolute atomic E-state index is 0.0943. The Morgan fingerprint density at radius 1 is 1.05 bits per heavy atom. The molecule has 0 saturated heterocycles. The van der Waals surface area contributed by atoms with Crippen molar-refractivity contribution in [2.45, 2.75) is 25.3 Å². The molecule has 0 radical (unpaired) electrons. The Bertz CT molecular complexity index is 639. The standard InChI is InChI=1S/C17H18BrNO/c1-20-16-8-7-14(10-15(16)18)17(19)13-6-5-11-3-2-4-12(11)9-13/h5-10,17H,2-4,19H2,1H3.